The highest BCUT2D eigenvalue weighted by atomic mass is 32.2. The predicted molar refractivity (Wildman–Crippen MR) is 102 cm³/mol. The van der Waals surface area contributed by atoms with Gasteiger partial charge in [-0.15, -0.1) is 0 Å². The maximum Gasteiger partial charge on any atom is 0.243 e. The average Bonchev–Trinajstić information content (AvgIpc) is 3.52. The van der Waals surface area contributed by atoms with Crippen molar-refractivity contribution in [3.8, 4) is 0 Å². The monoisotopic (exact) mass is 386 g/mol. The van der Waals surface area contributed by atoms with Crippen LogP contribution in [0.3, 0.4) is 0 Å². The van der Waals surface area contributed by atoms with E-state index in [0.717, 1.165) is 18.4 Å². The van der Waals surface area contributed by atoms with Crippen molar-refractivity contribution >= 4 is 21.6 Å². The van der Waals surface area contributed by atoms with E-state index in [0.29, 0.717) is 32.0 Å². The highest BCUT2D eigenvalue weighted by Crippen LogP contribution is 2.48. The van der Waals surface area contributed by atoms with Gasteiger partial charge in [0.25, 0.3) is 0 Å². The molecule has 1 saturated heterocycles. The quantitative estimate of drug-likeness (QED) is 0.856. The summed E-state index contributed by atoms with van der Waals surface area (Å²) in [6.07, 6.45) is 1.60. The van der Waals surface area contributed by atoms with Gasteiger partial charge in [-0.25, -0.2) is 8.42 Å². The van der Waals surface area contributed by atoms with Crippen molar-refractivity contribution in [1.29, 1.82) is 0 Å². The molecule has 1 saturated carbocycles. The highest BCUT2D eigenvalue weighted by Gasteiger charge is 2.51. The Morgan fingerprint density at radius 2 is 1.70 bits per heavy atom. The molecule has 1 aliphatic heterocycles. The van der Waals surface area contributed by atoms with Crippen LogP contribution in [0.15, 0.2) is 59.5 Å². The third-order valence-corrected chi connectivity index (χ3v) is 7.11. The minimum absolute atomic E-state index is 0.0883. The number of morpholine rings is 1. The van der Waals surface area contributed by atoms with Crippen LogP contribution in [0.1, 0.15) is 18.4 Å². The summed E-state index contributed by atoms with van der Waals surface area (Å²) in [5.41, 5.74) is 0.997. The Balaban J connectivity index is 1.54. The lowest BCUT2D eigenvalue weighted by molar-refractivity contribution is -0.118. The molecule has 0 unspecified atom stereocenters. The molecule has 1 heterocycles. The first kappa shape index (κ1) is 18.2. The summed E-state index contributed by atoms with van der Waals surface area (Å²) in [4.78, 5) is 13.1. The van der Waals surface area contributed by atoms with Gasteiger partial charge in [-0.05, 0) is 36.6 Å². The first-order valence-corrected chi connectivity index (χ1v) is 10.5. The van der Waals surface area contributed by atoms with E-state index in [2.05, 4.69) is 5.32 Å². The Kier molecular flexibility index (Phi) is 4.75. The first-order valence-electron chi connectivity index (χ1n) is 9.07. The molecule has 0 aromatic heterocycles. The number of anilines is 1. The number of hydrogen-bond acceptors (Lipinski definition) is 4. The largest absolute Gasteiger partial charge is 0.379 e. The summed E-state index contributed by atoms with van der Waals surface area (Å²) in [5.74, 6) is -0.0883. The second kappa shape index (κ2) is 7.07. The fourth-order valence-corrected chi connectivity index (χ4v) is 4.90. The van der Waals surface area contributed by atoms with Crippen molar-refractivity contribution in [2.24, 2.45) is 0 Å². The number of carbonyl (C=O) groups excluding carboxylic acids is 1. The predicted octanol–water partition coefficient (Wildman–Crippen LogP) is 2.38. The van der Waals surface area contributed by atoms with Gasteiger partial charge in [0.1, 0.15) is 0 Å². The summed E-state index contributed by atoms with van der Waals surface area (Å²) < 4.78 is 32.3. The van der Waals surface area contributed by atoms with E-state index in [9.17, 15) is 13.2 Å². The van der Waals surface area contributed by atoms with Crippen LogP contribution in [0.4, 0.5) is 5.69 Å². The van der Waals surface area contributed by atoms with Gasteiger partial charge in [-0.3, -0.25) is 4.79 Å². The first-order chi connectivity index (χ1) is 13.0. The molecule has 4 rings (SSSR count). The van der Waals surface area contributed by atoms with Gasteiger partial charge in [-0.1, -0.05) is 36.4 Å². The third-order valence-electron chi connectivity index (χ3n) is 5.21. The molecule has 2 aromatic carbocycles. The van der Waals surface area contributed by atoms with Crippen LogP contribution in [0.2, 0.25) is 0 Å². The smallest absolute Gasteiger partial charge is 0.243 e. The van der Waals surface area contributed by atoms with Gasteiger partial charge in [0.2, 0.25) is 15.9 Å². The molecule has 0 bridgehead atoms. The van der Waals surface area contributed by atoms with Crippen molar-refractivity contribution in [2.45, 2.75) is 23.2 Å². The van der Waals surface area contributed by atoms with Crippen molar-refractivity contribution in [2.75, 3.05) is 31.6 Å². The lowest BCUT2D eigenvalue weighted by Gasteiger charge is -2.26. The van der Waals surface area contributed by atoms with E-state index >= 15 is 0 Å². The molecule has 1 aliphatic carbocycles. The second-order valence-corrected chi connectivity index (χ2v) is 8.88. The number of nitrogens with one attached hydrogen (secondary N) is 1. The van der Waals surface area contributed by atoms with E-state index in [-0.39, 0.29) is 10.8 Å². The Morgan fingerprint density at radius 1 is 1.00 bits per heavy atom. The Hall–Kier alpha value is -2.22. The molecule has 6 nitrogen and oxygen atoms in total. The summed E-state index contributed by atoms with van der Waals surface area (Å²) in [6, 6.07) is 16.2. The molecule has 7 heteroatoms. The van der Waals surface area contributed by atoms with E-state index in [1.165, 1.54) is 10.4 Å². The minimum atomic E-state index is -3.59. The molecule has 142 valence electrons. The Labute approximate surface area is 159 Å². The summed E-state index contributed by atoms with van der Waals surface area (Å²) in [6.45, 7) is 1.48. The molecule has 2 fully saturated rings. The van der Waals surface area contributed by atoms with Crippen LogP contribution in [0, 0.1) is 0 Å². The maximum atomic E-state index is 12.9. The number of amides is 1. The molecule has 0 atom stereocenters. The van der Waals surface area contributed by atoms with E-state index in [1.54, 1.807) is 18.2 Å². The highest BCUT2D eigenvalue weighted by molar-refractivity contribution is 7.89. The standard InChI is InChI=1S/C20H22N2O4S/c23-19(20(9-10-20)16-5-2-1-3-6-16)21-17-7-4-8-18(15-17)27(24,25)22-11-13-26-14-12-22/h1-8,15H,9-14H2,(H,21,23). The number of rotatable bonds is 5. The lowest BCUT2D eigenvalue weighted by atomic mass is 9.95. The van der Waals surface area contributed by atoms with Gasteiger partial charge in [0.05, 0.1) is 23.5 Å². The van der Waals surface area contributed by atoms with Crippen LogP contribution in [0.25, 0.3) is 0 Å². The van der Waals surface area contributed by atoms with Gasteiger partial charge in [0.15, 0.2) is 0 Å². The number of hydrogen-bond donors (Lipinski definition) is 1. The van der Waals surface area contributed by atoms with Gasteiger partial charge in [0, 0.05) is 18.8 Å². The number of nitrogens with zero attached hydrogens (tertiary/aromatic N) is 1. The zero-order chi connectivity index (χ0) is 18.9. The van der Waals surface area contributed by atoms with Gasteiger partial charge in [-0.2, -0.15) is 4.31 Å². The molecule has 2 aliphatic rings. The number of carbonyl (C=O) groups is 1. The summed E-state index contributed by atoms with van der Waals surface area (Å²) >= 11 is 0. The van der Waals surface area contributed by atoms with Crippen LogP contribution in [-0.2, 0) is 25.0 Å². The van der Waals surface area contributed by atoms with Crippen molar-refractivity contribution < 1.29 is 17.9 Å². The topological polar surface area (TPSA) is 75.7 Å². The van der Waals surface area contributed by atoms with Crippen molar-refractivity contribution in [3.63, 3.8) is 0 Å². The van der Waals surface area contributed by atoms with E-state index in [4.69, 9.17) is 4.74 Å². The molecule has 2 aromatic rings. The zero-order valence-corrected chi connectivity index (χ0v) is 15.7. The van der Waals surface area contributed by atoms with Crippen molar-refractivity contribution in [3.05, 3.63) is 60.2 Å². The summed E-state index contributed by atoms with van der Waals surface area (Å²) in [5, 5.41) is 2.91. The number of ether oxygens (including phenoxy) is 1. The normalized spacial score (nSPS) is 19.4. The van der Waals surface area contributed by atoms with Crippen molar-refractivity contribution in [1.82, 2.24) is 4.31 Å². The molecule has 1 amide bonds. The van der Waals surface area contributed by atoms with Gasteiger partial charge >= 0.3 is 0 Å². The zero-order valence-electron chi connectivity index (χ0n) is 14.9. The fourth-order valence-electron chi connectivity index (χ4n) is 3.45. The SMILES string of the molecule is O=C(Nc1cccc(S(=O)(=O)N2CCOCC2)c1)C1(c2ccccc2)CC1. The molecular weight excluding hydrogens is 364 g/mol. The second-order valence-electron chi connectivity index (χ2n) is 6.95. The molecule has 1 N–H and O–H groups in total. The number of sulfonamides is 1. The molecule has 0 spiro atoms. The van der Waals surface area contributed by atoms with Crippen LogP contribution >= 0.6 is 0 Å². The summed E-state index contributed by atoms with van der Waals surface area (Å²) in [7, 11) is -3.59. The van der Waals surface area contributed by atoms with E-state index < -0.39 is 15.4 Å². The van der Waals surface area contributed by atoms with Crippen LogP contribution < -0.4 is 5.32 Å². The Bertz CT molecular complexity index is 933. The molecule has 0 radical (unpaired) electrons. The van der Waals surface area contributed by atoms with Crippen LogP contribution in [-0.4, -0.2) is 44.9 Å². The fraction of sp³-hybridized carbons (Fsp3) is 0.350. The van der Waals surface area contributed by atoms with E-state index in [1.807, 2.05) is 30.3 Å². The third kappa shape index (κ3) is 3.50. The minimum Gasteiger partial charge on any atom is -0.379 e. The molecular formula is C20H22N2O4S. The average molecular weight is 386 g/mol. The number of benzene rings is 2. The Morgan fingerprint density at radius 3 is 2.37 bits per heavy atom. The van der Waals surface area contributed by atoms with Crippen LogP contribution in [0.5, 0.6) is 0 Å². The lowest BCUT2D eigenvalue weighted by Crippen LogP contribution is -2.40. The van der Waals surface area contributed by atoms with Gasteiger partial charge < -0.3 is 10.1 Å². The molecule has 27 heavy (non-hydrogen) atoms. The maximum absolute atomic E-state index is 12.9.